The van der Waals surface area contributed by atoms with Crippen LogP contribution >= 0.6 is 15.9 Å². The van der Waals surface area contributed by atoms with E-state index in [1.54, 1.807) is 11.0 Å². The lowest BCUT2D eigenvalue weighted by Gasteiger charge is -2.35. The minimum absolute atomic E-state index is 0.0551. The normalized spacial score (nSPS) is 19.9. The summed E-state index contributed by atoms with van der Waals surface area (Å²) in [6.45, 7) is 0.176. The Hall–Kier alpha value is -1.56. The summed E-state index contributed by atoms with van der Waals surface area (Å²) in [6, 6.07) is 6.53. The van der Waals surface area contributed by atoms with Gasteiger partial charge in [0, 0.05) is 11.0 Å². The number of carbonyl (C=O) groups excluding carboxylic acids is 1. The summed E-state index contributed by atoms with van der Waals surface area (Å²) in [5.74, 6) is -1.11. The minimum atomic E-state index is -0.944. The predicted octanol–water partition coefficient (Wildman–Crippen LogP) is 0.839. The van der Waals surface area contributed by atoms with Gasteiger partial charge in [-0.1, -0.05) is 12.1 Å². The molecular formula is C11H11BrN2O3. The second-order valence-corrected chi connectivity index (χ2v) is 4.59. The second kappa shape index (κ2) is 4.75. The number of piperazine rings is 1. The van der Waals surface area contributed by atoms with Crippen LogP contribution in [-0.2, 0) is 9.59 Å². The first kappa shape index (κ1) is 11.9. The Bertz CT molecular complexity index is 464. The number of hydrogen-bond donors (Lipinski definition) is 2. The highest BCUT2D eigenvalue weighted by molar-refractivity contribution is 9.10. The van der Waals surface area contributed by atoms with Crippen molar-refractivity contribution < 1.29 is 14.7 Å². The van der Waals surface area contributed by atoms with Gasteiger partial charge in [0.15, 0.2) is 0 Å². The van der Waals surface area contributed by atoms with Crippen LogP contribution in [0, 0.1) is 0 Å². The van der Waals surface area contributed by atoms with E-state index in [-0.39, 0.29) is 19.0 Å². The number of nitrogens with zero attached hydrogens (tertiary/aromatic N) is 1. The molecule has 90 valence electrons. The van der Waals surface area contributed by atoms with Crippen molar-refractivity contribution >= 4 is 33.5 Å². The third kappa shape index (κ3) is 2.41. The van der Waals surface area contributed by atoms with Crippen molar-refractivity contribution in [1.29, 1.82) is 0 Å². The van der Waals surface area contributed by atoms with Crippen LogP contribution in [0.1, 0.15) is 0 Å². The van der Waals surface area contributed by atoms with Crippen LogP contribution in [-0.4, -0.2) is 36.1 Å². The van der Waals surface area contributed by atoms with E-state index in [4.69, 9.17) is 5.11 Å². The zero-order valence-electron chi connectivity index (χ0n) is 8.89. The SMILES string of the molecule is O=C1CN(c2ccccc2Br)C(C(=O)O)CN1. The zero-order chi connectivity index (χ0) is 12.4. The molecule has 0 aromatic heterocycles. The largest absolute Gasteiger partial charge is 0.480 e. The van der Waals surface area contributed by atoms with E-state index in [9.17, 15) is 9.59 Å². The standard InChI is InChI=1S/C11H11BrN2O3/c12-7-3-1-2-4-8(7)14-6-10(15)13-5-9(14)11(16)17/h1-4,9H,5-6H2,(H,13,15)(H,16,17). The Morgan fingerprint density at radius 1 is 1.47 bits per heavy atom. The van der Waals surface area contributed by atoms with E-state index in [0.29, 0.717) is 0 Å². The molecular weight excluding hydrogens is 288 g/mol. The second-order valence-electron chi connectivity index (χ2n) is 3.74. The van der Waals surface area contributed by atoms with Gasteiger partial charge in [-0.2, -0.15) is 0 Å². The van der Waals surface area contributed by atoms with Gasteiger partial charge in [0.25, 0.3) is 0 Å². The lowest BCUT2D eigenvalue weighted by molar-refractivity contribution is -0.139. The minimum Gasteiger partial charge on any atom is -0.480 e. The van der Waals surface area contributed by atoms with Gasteiger partial charge in [-0.25, -0.2) is 4.79 Å². The number of carboxylic acids is 1. The smallest absolute Gasteiger partial charge is 0.328 e. The van der Waals surface area contributed by atoms with Crippen molar-refractivity contribution in [2.45, 2.75) is 6.04 Å². The summed E-state index contributed by atoms with van der Waals surface area (Å²) in [7, 11) is 0. The molecule has 0 spiro atoms. The average molecular weight is 299 g/mol. The number of carboxylic acid groups (broad SMARTS) is 1. The first-order valence-corrected chi connectivity index (χ1v) is 5.89. The lowest BCUT2D eigenvalue weighted by Crippen LogP contribution is -2.57. The molecule has 5 nitrogen and oxygen atoms in total. The fourth-order valence-electron chi connectivity index (χ4n) is 1.80. The Kier molecular flexibility index (Phi) is 3.33. The van der Waals surface area contributed by atoms with Crippen LogP contribution < -0.4 is 10.2 Å². The van der Waals surface area contributed by atoms with Crippen molar-refractivity contribution in [3.8, 4) is 0 Å². The maximum atomic E-state index is 11.4. The van der Waals surface area contributed by atoms with Crippen molar-refractivity contribution in [1.82, 2.24) is 5.32 Å². The van der Waals surface area contributed by atoms with Gasteiger partial charge in [-0.3, -0.25) is 4.79 Å². The summed E-state index contributed by atoms with van der Waals surface area (Å²) < 4.78 is 0.779. The first-order valence-electron chi connectivity index (χ1n) is 5.10. The maximum absolute atomic E-state index is 11.4. The van der Waals surface area contributed by atoms with E-state index in [2.05, 4.69) is 21.2 Å². The molecule has 0 saturated carbocycles. The summed E-state index contributed by atoms with van der Waals surface area (Å²) >= 11 is 3.36. The third-order valence-corrected chi connectivity index (χ3v) is 3.30. The molecule has 1 heterocycles. The molecule has 1 amide bonds. The number of rotatable bonds is 2. The molecule has 17 heavy (non-hydrogen) atoms. The van der Waals surface area contributed by atoms with Gasteiger partial charge in [-0.05, 0) is 28.1 Å². The molecule has 6 heteroatoms. The Labute approximate surface area is 107 Å². The fourth-order valence-corrected chi connectivity index (χ4v) is 2.31. The fraction of sp³-hybridized carbons (Fsp3) is 0.273. The first-order chi connectivity index (χ1) is 8.09. The summed E-state index contributed by atoms with van der Waals surface area (Å²) in [5, 5.41) is 11.7. The van der Waals surface area contributed by atoms with E-state index < -0.39 is 12.0 Å². The molecule has 1 aromatic rings. The number of amides is 1. The molecule has 1 unspecified atom stereocenters. The highest BCUT2D eigenvalue weighted by Gasteiger charge is 2.32. The Morgan fingerprint density at radius 3 is 2.82 bits per heavy atom. The van der Waals surface area contributed by atoms with E-state index in [1.165, 1.54) is 0 Å². The van der Waals surface area contributed by atoms with Gasteiger partial charge >= 0.3 is 5.97 Å². The highest BCUT2D eigenvalue weighted by atomic mass is 79.9. The number of para-hydroxylation sites is 1. The van der Waals surface area contributed by atoms with Gasteiger partial charge in [0.1, 0.15) is 6.04 Å². The Balaban J connectivity index is 2.35. The molecule has 1 fully saturated rings. The number of carbonyl (C=O) groups is 2. The van der Waals surface area contributed by atoms with E-state index in [0.717, 1.165) is 10.2 Å². The Morgan fingerprint density at radius 2 is 2.18 bits per heavy atom. The van der Waals surface area contributed by atoms with Crippen LogP contribution in [0.25, 0.3) is 0 Å². The average Bonchev–Trinajstić information content (AvgIpc) is 2.29. The number of hydrogen-bond acceptors (Lipinski definition) is 3. The highest BCUT2D eigenvalue weighted by Crippen LogP contribution is 2.28. The molecule has 0 aliphatic carbocycles. The molecule has 1 aliphatic rings. The number of anilines is 1. The predicted molar refractivity (Wildman–Crippen MR) is 65.9 cm³/mol. The third-order valence-electron chi connectivity index (χ3n) is 2.63. The molecule has 1 saturated heterocycles. The van der Waals surface area contributed by atoms with Crippen LogP contribution in [0.4, 0.5) is 5.69 Å². The molecule has 1 atom stereocenters. The topological polar surface area (TPSA) is 69.6 Å². The van der Waals surface area contributed by atoms with Crippen molar-refractivity contribution in [2.75, 3.05) is 18.0 Å². The number of nitrogens with one attached hydrogen (secondary N) is 1. The van der Waals surface area contributed by atoms with E-state index >= 15 is 0 Å². The number of halogens is 1. The van der Waals surface area contributed by atoms with Crippen molar-refractivity contribution in [3.05, 3.63) is 28.7 Å². The van der Waals surface area contributed by atoms with Crippen LogP contribution in [0.5, 0.6) is 0 Å². The molecule has 1 aromatic carbocycles. The van der Waals surface area contributed by atoms with Crippen molar-refractivity contribution in [3.63, 3.8) is 0 Å². The lowest BCUT2D eigenvalue weighted by atomic mass is 10.1. The molecule has 2 rings (SSSR count). The number of aliphatic carboxylic acids is 1. The van der Waals surface area contributed by atoms with Crippen LogP contribution in [0.3, 0.4) is 0 Å². The van der Waals surface area contributed by atoms with Crippen LogP contribution in [0.15, 0.2) is 28.7 Å². The van der Waals surface area contributed by atoms with E-state index in [1.807, 2.05) is 18.2 Å². The van der Waals surface area contributed by atoms with Gasteiger partial charge in [0.05, 0.1) is 12.2 Å². The summed E-state index contributed by atoms with van der Waals surface area (Å²) in [5.41, 5.74) is 0.717. The molecule has 1 aliphatic heterocycles. The van der Waals surface area contributed by atoms with Gasteiger partial charge < -0.3 is 15.3 Å². The van der Waals surface area contributed by atoms with Gasteiger partial charge in [-0.15, -0.1) is 0 Å². The van der Waals surface area contributed by atoms with Crippen LogP contribution in [0.2, 0.25) is 0 Å². The maximum Gasteiger partial charge on any atom is 0.328 e. The quantitative estimate of drug-likeness (QED) is 0.849. The molecule has 0 bridgehead atoms. The van der Waals surface area contributed by atoms with Gasteiger partial charge in [0.2, 0.25) is 5.91 Å². The zero-order valence-corrected chi connectivity index (χ0v) is 10.5. The summed E-state index contributed by atoms with van der Waals surface area (Å²) in [6.07, 6.45) is 0. The van der Waals surface area contributed by atoms with Crippen molar-refractivity contribution in [2.24, 2.45) is 0 Å². The monoisotopic (exact) mass is 298 g/mol. The number of benzene rings is 1. The molecule has 2 N–H and O–H groups in total. The summed E-state index contributed by atoms with van der Waals surface area (Å²) in [4.78, 5) is 24.1. The molecule has 0 radical (unpaired) electrons.